The summed E-state index contributed by atoms with van der Waals surface area (Å²) in [6.07, 6.45) is -4.38. The van der Waals surface area contributed by atoms with E-state index in [4.69, 9.17) is 0 Å². The van der Waals surface area contributed by atoms with E-state index in [2.05, 4.69) is 10.2 Å². The van der Waals surface area contributed by atoms with Crippen molar-refractivity contribution >= 4 is 11.8 Å². The van der Waals surface area contributed by atoms with Crippen LogP contribution in [0.25, 0.3) is 0 Å². The third kappa shape index (κ3) is 3.26. The standard InChI is InChI=1S/C11H9F3N2S/c12-11(13,14)10-6-8(15-16-10)7-17-9-4-2-1-3-5-9/h1-6H,7H2,(H,15,16). The fourth-order valence-corrected chi connectivity index (χ4v) is 2.08. The highest BCUT2D eigenvalue weighted by molar-refractivity contribution is 7.98. The Labute approximate surface area is 100 Å². The minimum absolute atomic E-state index is 0.438. The van der Waals surface area contributed by atoms with Gasteiger partial charge in [-0.25, -0.2) is 0 Å². The summed E-state index contributed by atoms with van der Waals surface area (Å²) in [6.45, 7) is 0. The lowest BCUT2D eigenvalue weighted by Gasteiger charge is -1.99. The van der Waals surface area contributed by atoms with Crippen molar-refractivity contribution in [3.63, 3.8) is 0 Å². The van der Waals surface area contributed by atoms with E-state index in [1.54, 1.807) is 0 Å². The molecule has 1 aromatic heterocycles. The average Bonchev–Trinajstić information content (AvgIpc) is 2.76. The second-order valence-electron chi connectivity index (χ2n) is 3.38. The summed E-state index contributed by atoms with van der Waals surface area (Å²) in [5.74, 6) is 0.438. The Hall–Kier alpha value is -1.43. The number of hydrogen-bond donors (Lipinski definition) is 1. The minimum atomic E-state index is -4.38. The maximum Gasteiger partial charge on any atom is 0.435 e. The number of hydrogen-bond acceptors (Lipinski definition) is 2. The zero-order valence-electron chi connectivity index (χ0n) is 8.66. The van der Waals surface area contributed by atoms with Gasteiger partial charge < -0.3 is 0 Å². The first kappa shape index (κ1) is 12.0. The van der Waals surface area contributed by atoms with Gasteiger partial charge >= 0.3 is 6.18 Å². The van der Waals surface area contributed by atoms with E-state index in [0.717, 1.165) is 11.0 Å². The van der Waals surface area contributed by atoms with Crippen molar-refractivity contribution in [1.82, 2.24) is 10.2 Å². The first-order valence-corrected chi connectivity index (χ1v) is 5.83. The zero-order valence-corrected chi connectivity index (χ0v) is 9.48. The third-order valence-electron chi connectivity index (χ3n) is 2.06. The molecule has 0 saturated heterocycles. The van der Waals surface area contributed by atoms with Gasteiger partial charge in [0.25, 0.3) is 0 Å². The molecule has 17 heavy (non-hydrogen) atoms. The molecule has 1 heterocycles. The quantitative estimate of drug-likeness (QED) is 0.850. The van der Waals surface area contributed by atoms with Crippen molar-refractivity contribution in [2.75, 3.05) is 0 Å². The highest BCUT2D eigenvalue weighted by atomic mass is 32.2. The monoisotopic (exact) mass is 258 g/mol. The number of benzene rings is 1. The van der Waals surface area contributed by atoms with Gasteiger partial charge in [0.05, 0.1) is 0 Å². The Morgan fingerprint density at radius 2 is 1.88 bits per heavy atom. The number of aromatic amines is 1. The van der Waals surface area contributed by atoms with Crippen molar-refractivity contribution in [2.45, 2.75) is 16.8 Å². The molecular weight excluding hydrogens is 249 g/mol. The van der Waals surface area contributed by atoms with Gasteiger partial charge in [0.15, 0.2) is 5.69 Å². The first-order chi connectivity index (χ1) is 8.05. The summed E-state index contributed by atoms with van der Waals surface area (Å²) >= 11 is 1.46. The zero-order chi connectivity index (χ0) is 12.3. The number of rotatable bonds is 3. The van der Waals surface area contributed by atoms with Gasteiger partial charge in [-0.3, -0.25) is 5.10 Å². The SMILES string of the molecule is FC(F)(F)c1cc(CSc2ccccc2)[nH]n1. The number of aromatic nitrogens is 2. The lowest BCUT2D eigenvalue weighted by Crippen LogP contribution is -2.04. The molecule has 1 N–H and O–H groups in total. The highest BCUT2D eigenvalue weighted by Gasteiger charge is 2.33. The second-order valence-corrected chi connectivity index (χ2v) is 4.43. The first-order valence-electron chi connectivity index (χ1n) is 4.85. The van der Waals surface area contributed by atoms with Crippen molar-refractivity contribution in [3.05, 3.63) is 47.8 Å². The van der Waals surface area contributed by atoms with E-state index >= 15 is 0 Å². The maximum atomic E-state index is 12.3. The van der Waals surface area contributed by atoms with Gasteiger partial charge in [-0.15, -0.1) is 11.8 Å². The average molecular weight is 258 g/mol. The number of nitrogens with one attached hydrogen (secondary N) is 1. The van der Waals surface area contributed by atoms with Gasteiger partial charge in [-0.05, 0) is 18.2 Å². The molecule has 2 rings (SSSR count). The van der Waals surface area contributed by atoms with Crippen LogP contribution in [0.2, 0.25) is 0 Å². The predicted octanol–water partition coefficient (Wildman–Crippen LogP) is 3.72. The van der Waals surface area contributed by atoms with Crippen molar-refractivity contribution in [1.29, 1.82) is 0 Å². The lowest BCUT2D eigenvalue weighted by atomic mass is 10.4. The predicted molar refractivity (Wildman–Crippen MR) is 59.6 cm³/mol. The number of H-pyrrole nitrogens is 1. The molecule has 0 amide bonds. The normalized spacial score (nSPS) is 11.7. The number of thioether (sulfide) groups is 1. The number of halogens is 3. The lowest BCUT2D eigenvalue weighted by molar-refractivity contribution is -0.141. The maximum absolute atomic E-state index is 12.3. The molecule has 0 spiro atoms. The summed E-state index contributed by atoms with van der Waals surface area (Å²) in [6, 6.07) is 10.5. The van der Waals surface area contributed by atoms with E-state index in [9.17, 15) is 13.2 Å². The molecule has 0 bridgehead atoms. The van der Waals surface area contributed by atoms with Crippen molar-refractivity contribution in [2.24, 2.45) is 0 Å². The van der Waals surface area contributed by atoms with Crippen LogP contribution in [0.15, 0.2) is 41.3 Å². The van der Waals surface area contributed by atoms with Gasteiger partial charge in [0.1, 0.15) is 0 Å². The summed E-state index contributed by atoms with van der Waals surface area (Å²) in [7, 11) is 0. The molecule has 0 radical (unpaired) electrons. The van der Waals surface area contributed by atoms with Crippen LogP contribution in [0.5, 0.6) is 0 Å². The largest absolute Gasteiger partial charge is 0.435 e. The summed E-state index contributed by atoms with van der Waals surface area (Å²) < 4.78 is 36.8. The highest BCUT2D eigenvalue weighted by Crippen LogP contribution is 2.29. The minimum Gasteiger partial charge on any atom is -0.281 e. The van der Waals surface area contributed by atoms with E-state index in [-0.39, 0.29) is 0 Å². The Morgan fingerprint density at radius 3 is 2.47 bits per heavy atom. The van der Waals surface area contributed by atoms with Crippen molar-refractivity contribution < 1.29 is 13.2 Å². The van der Waals surface area contributed by atoms with E-state index in [1.165, 1.54) is 11.8 Å². The summed E-state index contributed by atoms with van der Waals surface area (Å²) in [5.41, 5.74) is -0.410. The molecule has 0 atom stereocenters. The second kappa shape index (κ2) is 4.83. The van der Waals surface area contributed by atoms with Crippen LogP contribution < -0.4 is 0 Å². The van der Waals surface area contributed by atoms with Crippen LogP contribution in [0, 0.1) is 0 Å². The fraction of sp³-hybridized carbons (Fsp3) is 0.182. The van der Waals surface area contributed by atoms with E-state index < -0.39 is 11.9 Å². The van der Waals surface area contributed by atoms with Crippen LogP contribution in [-0.2, 0) is 11.9 Å². The Balaban J connectivity index is 1.99. The Morgan fingerprint density at radius 1 is 1.18 bits per heavy atom. The molecule has 0 aliphatic heterocycles. The van der Waals surface area contributed by atoms with Crippen molar-refractivity contribution in [3.8, 4) is 0 Å². The number of nitrogens with zero attached hydrogens (tertiary/aromatic N) is 1. The molecule has 2 nitrogen and oxygen atoms in total. The molecule has 0 aliphatic rings. The van der Waals surface area contributed by atoms with Gasteiger partial charge in [-0.2, -0.15) is 18.3 Å². The van der Waals surface area contributed by atoms with E-state index in [0.29, 0.717) is 11.4 Å². The topological polar surface area (TPSA) is 28.7 Å². The molecule has 6 heteroatoms. The summed E-state index contributed by atoms with van der Waals surface area (Å²) in [5, 5.41) is 5.63. The van der Waals surface area contributed by atoms with Crippen LogP contribution in [-0.4, -0.2) is 10.2 Å². The molecular formula is C11H9F3N2S. The fourth-order valence-electron chi connectivity index (χ4n) is 1.26. The van der Waals surface area contributed by atoms with Crippen LogP contribution >= 0.6 is 11.8 Å². The molecule has 0 unspecified atom stereocenters. The molecule has 1 aromatic carbocycles. The van der Waals surface area contributed by atoms with Gasteiger partial charge in [0.2, 0.25) is 0 Å². The molecule has 90 valence electrons. The third-order valence-corrected chi connectivity index (χ3v) is 3.12. The van der Waals surface area contributed by atoms with Gasteiger partial charge in [0, 0.05) is 16.3 Å². The molecule has 0 saturated carbocycles. The molecule has 0 fully saturated rings. The molecule has 2 aromatic rings. The van der Waals surface area contributed by atoms with Crippen LogP contribution in [0.4, 0.5) is 13.2 Å². The number of alkyl halides is 3. The van der Waals surface area contributed by atoms with Crippen LogP contribution in [0.1, 0.15) is 11.4 Å². The molecule has 0 aliphatic carbocycles. The summed E-state index contributed by atoms with van der Waals surface area (Å²) in [4.78, 5) is 1.01. The Kier molecular flexibility index (Phi) is 3.42. The van der Waals surface area contributed by atoms with E-state index in [1.807, 2.05) is 30.3 Å². The Bertz CT molecular complexity index is 479. The smallest absolute Gasteiger partial charge is 0.281 e. The van der Waals surface area contributed by atoms with Crippen LogP contribution in [0.3, 0.4) is 0 Å². The van der Waals surface area contributed by atoms with Gasteiger partial charge in [-0.1, -0.05) is 18.2 Å².